The molecule has 0 fully saturated rings. The summed E-state index contributed by atoms with van der Waals surface area (Å²) in [6.07, 6.45) is 0.859. The van der Waals surface area contributed by atoms with Crippen molar-refractivity contribution in [3.8, 4) is 17.2 Å². The van der Waals surface area contributed by atoms with Gasteiger partial charge in [-0.25, -0.2) is 0 Å². The van der Waals surface area contributed by atoms with E-state index in [1.807, 2.05) is 47.9 Å². The standard InChI is InChI=1S/C25H30N4O3S/c1-16(2)24(19-10-11-21-22(14-19)32-13-7-12-31-21)26-23(30)15-33-25-28-27-18(4)29(25)20-9-6-5-8-17(20)3/h5-6,8-11,14,16,24H,7,12-13,15H2,1-4H3,(H,26,30)/t24-/m0/s1. The lowest BCUT2D eigenvalue weighted by molar-refractivity contribution is -0.119. The normalized spacial score (nSPS) is 14.1. The third-order valence-corrected chi connectivity index (χ3v) is 6.53. The zero-order chi connectivity index (χ0) is 23.4. The number of hydrogen-bond acceptors (Lipinski definition) is 6. The first kappa shape index (κ1) is 23.2. The highest BCUT2D eigenvalue weighted by Gasteiger charge is 2.22. The molecule has 174 valence electrons. The quantitative estimate of drug-likeness (QED) is 0.511. The molecule has 8 heteroatoms. The van der Waals surface area contributed by atoms with Crippen molar-refractivity contribution in [3.05, 3.63) is 59.4 Å². The molecule has 0 spiro atoms. The van der Waals surface area contributed by atoms with Crippen molar-refractivity contribution in [2.45, 2.75) is 45.3 Å². The van der Waals surface area contributed by atoms with E-state index in [0.717, 1.165) is 40.6 Å². The van der Waals surface area contributed by atoms with Crippen molar-refractivity contribution >= 4 is 17.7 Å². The van der Waals surface area contributed by atoms with Gasteiger partial charge in [0.25, 0.3) is 0 Å². The van der Waals surface area contributed by atoms with Gasteiger partial charge in [-0.15, -0.1) is 10.2 Å². The molecule has 33 heavy (non-hydrogen) atoms. The largest absolute Gasteiger partial charge is 0.490 e. The number of aryl methyl sites for hydroxylation is 2. The second-order valence-corrected chi connectivity index (χ2v) is 9.43. The maximum Gasteiger partial charge on any atom is 0.230 e. The predicted octanol–water partition coefficient (Wildman–Crippen LogP) is 4.65. The Morgan fingerprint density at radius 1 is 1.09 bits per heavy atom. The molecular weight excluding hydrogens is 436 g/mol. The molecule has 2 aromatic carbocycles. The Kier molecular flexibility index (Phi) is 7.23. The van der Waals surface area contributed by atoms with Gasteiger partial charge in [-0.05, 0) is 49.1 Å². The maximum atomic E-state index is 12.9. The summed E-state index contributed by atoms with van der Waals surface area (Å²) in [4.78, 5) is 12.9. The number of rotatable bonds is 7. The van der Waals surface area contributed by atoms with Crippen molar-refractivity contribution in [1.29, 1.82) is 0 Å². The fourth-order valence-corrected chi connectivity index (χ4v) is 4.68. The lowest BCUT2D eigenvalue weighted by atomic mass is 9.95. The lowest BCUT2D eigenvalue weighted by Crippen LogP contribution is -2.33. The van der Waals surface area contributed by atoms with Crippen LogP contribution >= 0.6 is 11.8 Å². The number of ether oxygens (including phenoxy) is 2. The Balaban J connectivity index is 1.46. The number of carbonyl (C=O) groups excluding carboxylic acids is 1. The summed E-state index contributed by atoms with van der Waals surface area (Å²) >= 11 is 1.39. The fraction of sp³-hybridized carbons (Fsp3) is 0.400. The highest BCUT2D eigenvalue weighted by atomic mass is 32.2. The van der Waals surface area contributed by atoms with Crippen molar-refractivity contribution in [1.82, 2.24) is 20.1 Å². The molecule has 0 saturated carbocycles. The molecule has 1 aromatic heterocycles. The highest BCUT2D eigenvalue weighted by Crippen LogP contribution is 2.34. The molecule has 7 nitrogen and oxygen atoms in total. The smallest absolute Gasteiger partial charge is 0.230 e. The first-order chi connectivity index (χ1) is 15.9. The Morgan fingerprint density at radius 3 is 2.61 bits per heavy atom. The van der Waals surface area contributed by atoms with Gasteiger partial charge in [0.15, 0.2) is 16.7 Å². The molecule has 2 heterocycles. The van der Waals surface area contributed by atoms with E-state index in [9.17, 15) is 4.79 Å². The van der Waals surface area contributed by atoms with Gasteiger partial charge in [-0.1, -0.05) is 49.9 Å². The van der Waals surface area contributed by atoms with Crippen LogP contribution in [0, 0.1) is 19.8 Å². The SMILES string of the molecule is Cc1ccccc1-n1c(C)nnc1SCC(=O)N[C@H](c1ccc2c(c1)OCCCO2)C(C)C. The number of carbonyl (C=O) groups is 1. The van der Waals surface area contributed by atoms with Gasteiger partial charge in [-0.2, -0.15) is 0 Å². The number of nitrogens with one attached hydrogen (secondary N) is 1. The number of aromatic nitrogens is 3. The summed E-state index contributed by atoms with van der Waals surface area (Å²) in [7, 11) is 0. The van der Waals surface area contributed by atoms with Crippen LogP contribution in [0.2, 0.25) is 0 Å². The summed E-state index contributed by atoms with van der Waals surface area (Å²) in [6.45, 7) is 9.45. The topological polar surface area (TPSA) is 78.3 Å². The van der Waals surface area contributed by atoms with Crippen LogP contribution in [0.3, 0.4) is 0 Å². The van der Waals surface area contributed by atoms with Gasteiger partial charge in [0.1, 0.15) is 5.82 Å². The maximum absolute atomic E-state index is 12.9. The van der Waals surface area contributed by atoms with E-state index in [1.165, 1.54) is 11.8 Å². The summed E-state index contributed by atoms with van der Waals surface area (Å²) in [5.74, 6) is 2.69. The minimum absolute atomic E-state index is 0.0530. The van der Waals surface area contributed by atoms with E-state index in [0.29, 0.717) is 18.4 Å². The van der Waals surface area contributed by atoms with E-state index in [-0.39, 0.29) is 23.6 Å². The van der Waals surface area contributed by atoms with E-state index in [2.05, 4.69) is 42.4 Å². The molecule has 1 aliphatic rings. The summed E-state index contributed by atoms with van der Waals surface area (Å²) in [5, 5.41) is 12.4. The average molecular weight is 467 g/mol. The van der Waals surface area contributed by atoms with Crippen LogP contribution < -0.4 is 14.8 Å². The van der Waals surface area contributed by atoms with Crippen molar-refractivity contribution in [3.63, 3.8) is 0 Å². The molecule has 1 amide bonds. The summed E-state index contributed by atoms with van der Waals surface area (Å²) in [6, 6.07) is 13.9. The van der Waals surface area contributed by atoms with E-state index in [1.54, 1.807) is 0 Å². The number of hydrogen-bond donors (Lipinski definition) is 1. The second-order valence-electron chi connectivity index (χ2n) is 8.49. The van der Waals surface area contributed by atoms with Crippen LogP contribution in [-0.2, 0) is 4.79 Å². The van der Waals surface area contributed by atoms with Crippen molar-refractivity contribution < 1.29 is 14.3 Å². The second kappa shape index (κ2) is 10.3. The fourth-order valence-electron chi connectivity index (χ4n) is 3.88. The van der Waals surface area contributed by atoms with Crippen molar-refractivity contribution in [2.75, 3.05) is 19.0 Å². The van der Waals surface area contributed by atoms with E-state index >= 15 is 0 Å². The molecule has 0 unspecified atom stereocenters. The predicted molar refractivity (Wildman–Crippen MR) is 129 cm³/mol. The molecule has 4 rings (SSSR count). The third-order valence-electron chi connectivity index (χ3n) is 5.60. The van der Waals surface area contributed by atoms with Crippen LogP contribution in [-0.4, -0.2) is 39.6 Å². The van der Waals surface area contributed by atoms with Gasteiger partial charge < -0.3 is 14.8 Å². The first-order valence-electron chi connectivity index (χ1n) is 11.2. The summed E-state index contributed by atoms with van der Waals surface area (Å²) < 4.78 is 13.6. The zero-order valence-corrected chi connectivity index (χ0v) is 20.3. The lowest BCUT2D eigenvalue weighted by Gasteiger charge is -2.24. The zero-order valence-electron chi connectivity index (χ0n) is 19.5. The van der Waals surface area contributed by atoms with E-state index < -0.39 is 0 Å². The molecule has 3 aromatic rings. The molecule has 0 saturated heterocycles. The minimum Gasteiger partial charge on any atom is -0.490 e. The van der Waals surface area contributed by atoms with Gasteiger partial charge in [0.2, 0.25) is 5.91 Å². The number of nitrogens with zero attached hydrogens (tertiary/aromatic N) is 3. The van der Waals surface area contributed by atoms with Crippen LogP contribution in [0.5, 0.6) is 11.5 Å². The number of amides is 1. The Morgan fingerprint density at radius 2 is 1.85 bits per heavy atom. The summed E-state index contributed by atoms with van der Waals surface area (Å²) in [5.41, 5.74) is 3.16. The molecule has 1 aliphatic heterocycles. The molecule has 0 radical (unpaired) electrons. The third kappa shape index (κ3) is 5.33. The molecular formula is C25H30N4O3S. The van der Waals surface area contributed by atoms with Gasteiger partial charge in [0.05, 0.1) is 30.7 Å². The number of fused-ring (bicyclic) bond motifs is 1. The Bertz CT molecular complexity index is 1130. The van der Waals surface area contributed by atoms with Crippen molar-refractivity contribution in [2.24, 2.45) is 5.92 Å². The minimum atomic E-state index is -0.133. The molecule has 0 aliphatic carbocycles. The van der Waals surface area contributed by atoms with Crippen LogP contribution in [0.1, 0.15) is 43.3 Å². The first-order valence-corrected chi connectivity index (χ1v) is 12.2. The Labute approximate surface area is 198 Å². The van der Waals surface area contributed by atoms with Gasteiger partial charge in [0, 0.05) is 6.42 Å². The number of benzene rings is 2. The molecule has 1 atom stereocenters. The van der Waals surface area contributed by atoms with Gasteiger partial charge in [-0.3, -0.25) is 9.36 Å². The number of para-hydroxylation sites is 1. The van der Waals surface area contributed by atoms with Crippen LogP contribution in [0.4, 0.5) is 0 Å². The average Bonchev–Trinajstić information content (AvgIpc) is 3.01. The monoisotopic (exact) mass is 466 g/mol. The molecule has 0 bridgehead atoms. The number of thioether (sulfide) groups is 1. The van der Waals surface area contributed by atoms with Crippen LogP contribution in [0.25, 0.3) is 5.69 Å². The van der Waals surface area contributed by atoms with Crippen LogP contribution in [0.15, 0.2) is 47.6 Å². The molecule has 1 N–H and O–H groups in total. The van der Waals surface area contributed by atoms with E-state index in [4.69, 9.17) is 9.47 Å². The van der Waals surface area contributed by atoms with Gasteiger partial charge >= 0.3 is 0 Å². The highest BCUT2D eigenvalue weighted by molar-refractivity contribution is 7.99. The Hall–Kier alpha value is -3.00.